The van der Waals surface area contributed by atoms with E-state index >= 15 is 0 Å². The van der Waals surface area contributed by atoms with Crippen LogP contribution in [0.4, 0.5) is 11.5 Å². The molecule has 138 valence electrons. The minimum atomic E-state index is -0.544. The highest BCUT2D eigenvalue weighted by Crippen LogP contribution is 2.33. The number of benzene rings is 1. The molecular weight excluding hydrogens is 336 g/mol. The summed E-state index contributed by atoms with van der Waals surface area (Å²) >= 11 is 0. The van der Waals surface area contributed by atoms with Gasteiger partial charge in [0.05, 0.1) is 26.9 Å². The molecule has 0 spiro atoms. The largest absolute Gasteiger partial charge is 0.491 e. The predicted molar refractivity (Wildman–Crippen MR) is 97.4 cm³/mol. The van der Waals surface area contributed by atoms with Crippen LogP contribution >= 0.6 is 0 Å². The zero-order valence-corrected chi connectivity index (χ0v) is 14.9. The van der Waals surface area contributed by atoms with E-state index < -0.39 is 5.97 Å². The monoisotopic (exact) mass is 358 g/mol. The number of hydrogen-bond acceptors (Lipinski definition) is 8. The fourth-order valence-corrected chi connectivity index (χ4v) is 2.72. The van der Waals surface area contributed by atoms with Gasteiger partial charge in [-0.3, -0.25) is 0 Å². The molecule has 8 heteroatoms. The molecule has 3 rings (SSSR count). The molecule has 0 unspecified atom stereocenters. The number of hydrogen-bond donors (Lipinski definition) is 1. The molecule has 0 amide bonds. The molecular formula is C18H22N4O4. The number of morpholine rings is 1. The van der Waals surface area contributed by atoms with Gasteiger partial charge in [0.15, 0.2) is 23.1 Å². The van der Waals surface area contributed by atoms with Crippen LogP contribution in [-0.4, -0.2) is 56.0 Å². The van der Waals surface area contributed by atoms with Crippen LogP contribution in [0.3, 0.4) is 0 Å². The van der Waals surface area contributed by atoms with E-state index in [1.807, 2.05) is 17.0 Å². The van der Waals surface area contributed by atoms with Crippen molar-refractivity contribution in [3.63, 3.8) is 0 Å². The van der Waals surface area contributed by atoms with Crippen LogP contribution in [-0.2, 0) is 9.47 Å². The molecule has 1 aromatic heterocycles. The first kappa shape index (κ1) is 17.9. The lowest BCUT2D eigenvalue weighted by molar-refractivity contribution is 0.0515. The van der Waals surface area contributed by atoms with Gasteiger partial charge in [-0.2, -0.15) is 0 Å². The van der Waals surface area contributed by atoms with Gasteiger partial charge in [0.25, 0.3) is 0 Å². The minimum absolute atomic E-state index is 0.109. The number of carbonyl (C=O) groups excluding carboxylic acids is 1. The van der Waals surface area contributed by atoms with Crippen LogP contribution in [0.1, 0.15) is 17.4 Å². The van der Waals surface area contributed by atoms with Crippen molar-refractivity contribution in [1.82, 2.24) is 9.97 Å². The van der Waals surface area contributed by atoms with Crippen molar-refractivity contribution < 1.29 is 19.0 Å². The number of carbonyl (C=O) groups is 1. The second-order valence-electron chi connectivity index (χ2n) is 5.69. The van der Waals surface area contributed by atoms with Gasteiger partial charge in [0.2, 0.25) is 0 Å². The van der Waals surface area contributed by atoms with Crippen molar-refractivity contribution in [1.29, 1.82) is 0 Å². The summed E-state index contributed by atoms with van der Waals surface area (Å²) in [7, 11) is 1.49. The number of aromatic nitrogens is 2. The Balaban J connectivity index is 2.13. The molecule has 0 bridgehead atoms. The summed E-state index contributed by atoms with van der Waals surface area (Å²) in [5.41, 5.74) is 7.26. The average molecular weight is 358 g/mol. The molecule has 1 aliphatic rings. The van der Waals surface area contributed by atoms with Gasteiger partial charge in [0.1, 0.15) is 0 Å². The van der Waals surface area contributed by atoms with E-state index in [1.165, 1.54) is 7.11 Å². The molecule has 2 aromatic rings. The number of nitrogen functional groups attached to an aromatic ring is 1. The quantitative estimate of drug-likeness (QED) is 0.637. The normalized spacial score (nSPS) is 14.2. The SMILES string of the molecule is CCOC(=O)c1nc(-c2ccc(N)cc2)nc(N2CCOCC2)c1OC. The van der Waals surface area contributed by atoms with E-state index in [1.54, 1.807) is 19.1 Å². The fraction of sp³-hybridized carbons (Fsp3) is 0.389. The standard InChI is InChI=1S/C18H22N4O4/c1-3-26-18(23)14-15(24-2)17(22-8-10-25-11-9-22)21-16(20-14)12-4-6-13(19)7-5-12/h4-7H,3,8-11,19H2,1-2H3. The van der Waals surface area contributed by atoms with Crippen molar-refractivity contribution in [3.05, 3.63) is 30.0 Å². The number of nitrogens with two attached hydrogens (primary N) is 1. The Morgan fingerprint density at radius 3 is 2.54 bits per heavy atom. The van der Waals surface area contributed by atoms with Crippen molar-refractivity contribution in [2.24, 2.45) is 0 Å². The average Bonchev–Trinajstić information content (AvgIpc) is 2.68. The molecule has 1 fully saturated rings. The summed E-state index contributed by atoms with van der Waals surface area (Å²) in [6, 6.07) is 7.16. The molecule has 0 saturated carbocycles. The smallest absolute Gasteiger partial charge is 0.361 e. The minimum Gasteiger partial charge on any atom is -0.491 e. The summed E-state index contributed by atoms with van der Waals surface area (Å²) in [5, 5.41) is 0. The van der Waals surface area contributed by atoms with E-state index in [9.17, 15) is 4.79 Å². The lowest BCUT2D eigenvalue weighted by Gasteiger charge is -2.29. The van der Waals surface area contributed by atoms with Gasteiger partial charge in [0, 0.05) is 24.3 Å². The van der Waals surface area contributed by atoms with E-state index in [0.717, 1.165) is 5.56 Å². The summed E-state index contributed by atoms with van der Waals surface area (Å²) < 4.78 is 16.0. The molecule has 1 aliphatic heterocycles. The summed E-state index contributed by atoms with van der Waals surface area (Å²) in [5.74, 6) is 0.735. The first-order chi connectivity index (χ1) is 12.6. The molecule has 1 saturated heterocycles. The molecule has 0 aliphatic carbocycles. The molecule has 2 heterocycles. The first-order valence-electron chi connectivity index (χ1n) is 8.45. The fourth-order valence-electron chi connectivity index (χ4n) is 2.72. The number of methoxy groups -OCH3 is 1. The van der Waals surface area contributed by atoms with Crippen molar-refractivity contribution in [3.8, 4) is 17.1 Å². The highest BCUT2D eigenvalue weighted by molar-refractivity contribution is 5.93. The van der Waals surface area contributed by atoms with Crippen LogP contribution in [0.15, 0.2) is 24.3 Å². The second-order valence-corrected chi connectivity index (χ2v) is 5.69. The number of anilines is 2. The third-order valence-corrected chi connectivity index (χ3v) is 4.00. The Morgan fingerprint density at radius 2 is 1.92 bits per heavy atom. The van der Waals surface area contributed by atoms with Crippen LogP contribution < -0.4 is 15.4 Å². The third-order valence-electron chi connectivity index (χ3n) is 4.00. The van der Waals surface area contributed by atoms with Gasteiger partial charge in [-0.15, -0.1) is 0 Å². The second kappa shape index (κ2) is 8.01. The highest BCUT2D eigenvalue weighted by Gasteiger charge is 2.26. The summed E-state index contributed by atoms with van der Waals surface area (Å²) in [6.07, 6.45) is 0. The molecule has 2 N–H and O–H groups in total. The van der Waals surface area contributed by atoms with Crippen LogP contribution in [0.2, 0.25) is 0 Å². The summed E-state index contributed by atoms with van der Waals surface area (Å²) in [6.45, 7) is 4.46. The Hall–Kier alpha value is -2.87. The van der Waals surface area contributed by atoms with Gasteiger partial charge >= 0.3 is 5.97 Å². The highest BCUT2D eigenvalue weighted by atomic mass is 16.5. The molecule has 0 radical (unpaired) electrons. The Morgan fingerprint density at radius 1 is 1.23 bits per heavy atom. The van der Waals surface area contributed by atoms with E-state index in [-0.39, 0.29) is 12.3 Å². The van der Waals surface area contributed by atoms with Gasteiger partial charge in [-0.1, -0.05) is 0 Å². The lowest BCUT2D eigenvalue weighted by Crippen LogP contribution is -2.37. The molecule has 1 aromatic carbocycles. The number of ether oxygens (including phenoxy) is 3. The lowest BCUT2D eigenvalue weighted by atomic mass is 10.2. The molecule has 0 atom stereocenters. The summed E-state index contributed by atoms with van der Waals surface area (Å²) in [4.78, 5) is 23.5. The maximum atomic E-state index is 12.4. The third kappa shape index (κ3) is 3.70. The number of esters is 1. The van der Waals surface area contributed by atoms with Gasteiger partial charge < -0.3 is 24.8 Å². The molecule has 26 heavy (non-hydrogen) atoms. The van der Waals surface area contributed by atoms with E-state index in [4.69, 9.17) is 19.9 Å². The maximum Gasteiger partial charge on any atom is 0.361 e. The van der Waals surface area contributed by atoms with E-state index in [2.05, 4.69) is 9.97 Å². The maximum absolute atomic E-state index is 12.4. The predicted octanol–water partition coefficient (Wildman–Crippen LogP) is 1.75. The van der Waals surface area contributed by atoms with Crippen molar-refractivity contribution >= 4 is 17.5 Å². The van der Waals surface area contributed by atoms with Gasteiger partial charge in [-0.05, 0) is 31.2 Å². The zero-order valence-electron chi connectivity index (χ0n) is 14.9. The topological polar surface area (TPSA) is 99.8 Å². The van der Waals surface area contributed by atoms with Crippen LogP contribution in [0.5, 0.6) is 5.75 Å². The first-order valence-corrected chi connectivity index (χ1v) is 8.45. The van der Waals surface area contributed by atoms with Crippen LogP contribution in [0, 0.1) is 0 Å². The molecule has 8 nitrogen and oxygen atoms in total. The van der Waals surface area contributed by atoms with Crippen LogP contribution in [0.25, 0.3) is 11.4 Å². The Labute approximate surface area is 151 Å². The Kier molecular flexibility index (Phi) is 5.52. The number of nitrogens with zero attached hydrogens (tertiary/aromatic N) is 3. The number of rotatable bonds is 5. The Bertz CT molecular complexity index is 774. The van der Waals surface area contributed by atoms with E-state index in [0.29, 0.717) is 49.4 Å². The van der Waals surface area contributed by atoms with Crippen molar-refractivity contribution in [2.45, 2.75) is 6.92 Å². The van der Waals surface area contributed by atoms with Crippen molar-refractivity contribution in [2.75, 3.05) is 50.7 Å². The van der Waals surface area contributed by atoms with Gasteiger partial charge in [-0.25, -0.2) is 14.8 Å². The zero-order chi connectivity index (χ0) is 18.5.